The van der Waals surface area contributed by atoms with Crippen molar-refractivity contribution >= 4 is 34.9 Å². The van der Waals surface area contributed by atoms with Crippen LogP contribution in [0.2, 0.25) is 5.02 Å². The van der Waals surface area contributed by atoms with Crippen molar-refractivity contribution in [3.05, 3.63) is 53.1 Å². The topological polar surface area (TPSA) is 79.5 Å². The standard InChI is InChI=1S/C18H20ClN3O3/c1-12-10-14(19)6-7-17(12)25-9-8-20-18(24)22-16-5-3-4-15(11-16)21-13(2)23/h3-7,10-11H,8-9H2,1-2H3,(H,21,23)(H2,20,22,24). The summed E-state index contributed by atoms with van der Waals surface area (Å²) in [6, 6.07) is 11.9. The van der Waals surface area contributed by atoms with Gasteiger partial charge in [0.25, 0.3) is 0 Å². The summed E-state index contributed by atoms with van der Waals surface area (Å²) >= 11 is 5.89. The Morgan fingerprint density at radius 2 is 1.80 bits per heavy atom. The summed E-state index contributed by atoms with van der Waals surface area (Å²) in [5.41, 5.74) is 2.14. The first-order chi connectivity index (χ1) is 11.9. The molecule has 0 bridgehead atoms. The summed E-state index contributed by atoms with van der Waals surface area (Å²) in [7, 11) is 0. The number of anilines is 2. The summed E-state index contributed by atoms with van der Waals surface area (Å²) < 4.78 is 5.61. The molecule has 2 aromatic rings. The molecule has 0 aliphatic heterocycles. The number of amides is 3. The van der Waals surface area contributed by atoms with E-state index in [2.05, 4.69) is 16.0 Å². The number of ether oxygens (including phenoxy) is 1. The van der Waals surface area contributed by atoms with Gasteiger partial charge >= 0.3 is 6.03 Å². The maximum Gasteiger partial charge on any atom is 0.319 e. The number of hydrogen-bond donors (Lipinski definition) is 3. The molecule has 2 rings (SSSR count). The van der Waals surface area contributed by atoms with Crippen LogP contribution in [0, 0.1) is 6.92 Å². The van der Waals surface area contributed by atoms with E-state index in [4.69, 9.17) is 16.3 Å². The molecule has 0 fully saturated rings. The van der Waals surface area contributed by atoms with Gasteiger partial charge in [-0.3, -0.25) is 4.79 Å². The zero-order chi connectivity index (χ0) is 18.2. The van der Waals surface area contributed by atoms with Crippen LogP contribution in [0.3, 0.4) is 0 Å². The zero-order valence-corrected chi connectivity index (χ0v) is 14.8. The van der Waals surface area contributed by atoms with Gasteiger partial charge in [-0.25, -0.2) is 4.79 Å². The van der Waals surface area contributed by atoms with Crippen molar-refractivity contribution in [2.45, 2.75) is 13.8 Å². The minimum Gasteiger partial charge on any atom is -0.491 e. The molecule has 0 saturated heterocycles. The highest BCUT2D eigenvalue weighted by molar-refractivity contribution is 6.30. The summed E-state index contributed by atoms with van der Waals surface area (Å²) in [4.78, 5) is 22.9. The van der Waals surface area contributed by atoms with E-state index in [1.165, 1.54) is 6.92 Å². The molecular formula is C18H20ClN3O3. The molecule has 0 unspecified atom stereocenters. The number of nitrogens with one attached hydrogen (secondary N) is 3. The van der Waals surface area contributed by atoms with Crippen LogP contribution in [-0.2, 0) is 4.79 Å². The van der Waals surface area contributed by atoms with E-state index in [0.717, 1.165) is 11.3 Å². The Bertz CT molecular complexity index is 765. The zero-order valence-electron chi connectivity index (χ0n) is 14.1. The Kier molecular flexibility index (Phi) is 6.65. The maximum absolute atomic E-state index is 11.9. The van der Waals surface area contributed by atoms with Crippen molar-refractivity contribution in [3.8, 4) is 5.75 Å². The van der Waals surface area contributed by atoms with E-state index in [1.807, 2.05) is 13.0 Å². The number of carbonyl (C=O) groups excluding carboxylic acids is 2. The molecule has 0 spiro atoms. The lowest BCUT2D eigenvalue weighted by molar-refractivity contribution is -0.114. The molecule has 0 saturated carbocycles. The highest BCUT2D eigenvalue weighted by atomic mass is 35.5. The number of urea groups is 1. The highest BCUT2D eigenvalue weighted by Gasteiger charge is 2.04. The van der Waals surface area contributed by atoms with Crippen LogP contribution in [-0.4, -0.2) is 25.1 Å². The Morgan fingerprint density at radius 1 is 1.08 bits per heavy atom. The largest absolute Gasteiger partial charge is 0.491 e. The van der Waals surface area contributed by atoms with Crippen molar-refractivity contribution in [3.63, 3.8) is 0 Å². The molecule has 3 amide bonds. The predicted molar refractivity (Wildman–Crippen MR) is 99.5 cm³/mol. The third kappa shape index (κ3) is 6.35. The smallest absolute Gasteiger partial charge is 0.319 e. The first-order valence-electron chi connectivity index (χ1n) is 7.75. The van der Waals surface area contributed by atoms with Gasteiger partial charge in [0.2, 0.25) is 5.91 Å². The first-order valence-corrected chi connectivity index (χ1v) is 8.13. The van der Waals surface area contributed by atoms with E-state index >= 15 is 0 Å². The number of halogens is 1. The summed E-state index contributed by atoms with van der Waals surface area (Å²) in [5.74, 6) is 0.561. The van der Waals surface area contributed by atoms with Crippen LogP contribution in [0.5, 0.6) is 5.75 Å². The third-order valence-electron chi connectivity index (χ3n) is 3.22. The number of carbonyl (C=O) groups is 2. The fourth-order valence-corrected chi connectivity index (χ4v) is 2.38. The van der Waals surface area contributed by atoms with Crippen molar-refractivity contribution in [2.75, 3.05) is 23.8 Å². The van der Waals surface area contributed by atoms with E-state index in [-0.39, 0.29) is 11.9 Å². The molecule has 0 aliphatic rings. The van der Waals surface area contributed by atoms with Gasteiger partial charge in [-0.15, -0.1) is 0 Å². The van der Waals surface area contributed by atoms with Crippen molar-refractivity contribution in [1.29, 1.82) is 0 Å². The molecular weight excluding hydrogens is 342 g/mol. The van der Waals surface area contributed by atoms with Gasteiger partial charge in [0, 0.05) is 23.3 Å². The molecule has 0 atom stereocenters. The summed E-state index contributed by atoms with van der Waals surface area (Å²) in [5, 5.41) is 8.72. The number of hydrogen-bond acceptors (Lipinski definition) is 3. The predicted octanol–water partition coefficient (Wildman–Crippen LogP) is 3.81. The second-order valence-electron chi connectivity index (χ2n) is 5.40. The third-order valence-corrected chi connectivity index (χ3v) is 3.46. The van der Waals surface area contributed by atoms with Gasteiger partial charge in [-0.05, 0) is 48.9 Å². The fraction of sp³-hybridized carbons (Fsp3) is 0.222. The Morgan fingerprint density at radius 3 is 2.48 bits per heavy atom. The lowest BCUT2D eigenvalue weighted by atomic mass is 10.2. The monoisotopic (exact) mass is 361 g/mol. The van der Waals surface area contributed by atoms with Crippen LogP contribution in [0.15, 0.2) is 42.5 Å². The van der Waals surface area contributed by atoms with Crippen molar-refractivity contribution in [2.24, 2.45) is 0 Å². The second kappa shape index (κ2) is 8.94. The first kappa shape index (κ1) is 18.6. The average molecular weight is 362 g/mol. The summed E-state index contributed by atoms with van der Waals surface area (Å²) in [6.07, 6.45) is 0. The van der Waals surface area contributed by atoms with Crippen molar-refractivity contribution in [1.82, 2.24) is 5.32 Å². The van der Waals surface area contributed by atoms with Gasteiger partial charge in [0.05, 0.1) is 6.54 Å². The lowest BCUT2D eigenvalue weighted by Crippen LogP contribution is -2.32. The van der Waals surface area contributed by atoms with Crippen LogP contribution >= 0.6 is 11.6 Å². The minimum absolute atomic E-state index is 0.170. The minimum atomic E-state index is -0.351. The highest BCUT2D eigenvalue weighted by Crippen LogP contribution is 2.21. The van der Waals surface area contributed by atoms with Crippen LogP contribution in [0.25, 0.3) is 0 Å². The fourth-order valence-electron chi connectivity index (χ4n) is 2.15. The SMILES string of the molecule is CC(=O)Nc1cccc(NC(=O)NCCOc2ccc(Cl)cc2C)c1. The molecule has 0 aliphatic carbocycles. The molecule has 0 heterocycles. The maximum atomic E-state index is 11.9. The lowest BCUT2D eigenvalue weighted by Gasteiger charge is -2.11. The molecule has 0 aromatic heterocycles. The second-order valence-corrected chi connectivity index (χ2v) is 5.84. The number of benzene rings is 2. The molecule has 2 aromatic carbocycles. The number of aryl methyl sites for hydroxylation is 1. The van der Waals surface area contributed by atoms with E-state index in [0.29, 0.717) is 29.5 Å². The molecule has 6 nitrogen and oxygen atoms in total. The van der Waals surface area contributed by atoms with Crippen LogP contribution in [0.4, 0.5) is 16.2 Å². The molecule has 25 heavy (non-hydrogen) atoms. The van der Waals surface area contributed by atoms with Crippen LogP contribution < -0.4 is 20.7 Å². The van der Waals surface area contributed by atoms with E-state index in [1.54, 1.807) is 36.4 Å². The van der Waals surface area contributed by atoms with Gasteiger partial charge in [0.15, 0.2) is 0 Å². The van der Waals surface area contributed by atoms with Gasteiger partial charge in [0.1, 0.15) is 12.4 Å². The quantitative estimate of drug-likeness (QED) is 0.684. The van der Waals surface area contributed by atoms with E-state index in [9.17, 15) is 9.59 Å². The summed E-state index contributed by atoms with van der Waals surface area (Å²) in [6.45, 7) is 4.01. The Labute approximate surface area is 151 Å². The Balaban J connectivity index is 1.76. The average Bonchev–Trinajstić information content (AvgIpc) is 2.53. The number of rotatable bonds is 6. The van der Waals surface area contributed by atoms with Crippen LogP contribution in [0.1, 0.15) is 12.5 Å². The Hall–Kier alpha value is -2.73. The normalized spacial score (nSPS) is 10.0. The van der Waals surface area contributed by atoms with Gasteiger partial charge < -0.3 is 20.7 Å². The molecule has 3 N–H and O–H groups in total. The molecule has 132 valence electrons. The van der Waals surface area contributed by atoms with Gasteiger partial charge in [-0.2, -0.15) is 0 Å². The molecule has 7 heteroatoms. The van der Waals surface area contributed by atoms with E-state index < -0.39 is 0 Å². The van der Waals surface area contributed by atoms with Gasteiger partial charge in [-0.1, -0.05) is 17.7 Å². The van der Waals surface area contributed by atoms with Crippen molar-refractivity contribution < 1.29 is 14.3 Å². The molecule has 0 radical (unpaired) electrons.